The van der Waals surface area contributed by atoms with Gasteiger partial charge < -0.3 is 24.4 Å². The number of anilines is 2. The Balaban J connectivity index is 0.948. The highest BCUT2D eigenvalue weighted by Gasteiger charge is 2.51. The van der Waals surface area contributed by atoms with Crippen LogP contribution in [0.25, 0.3) is 16.1 Å². The number of piperidine rings is 1. The number of fused-ring (bicyclic) bond motifs is 1. The molecule has 0 radical (unpaired) electrons. The number of carbonyl (C=O) groups is 6. The van der Waals surface area contributed by atoms with E-state index in [-0.39, 0.29) is 87.8 Å². The van der Waals surface area contributed by atoms with Gasteiger partial charge in [-0.3, -0.25) is 48.9 Å². The highest BCUT2D eigenvalue weighted by Crippen LogP contribution is 2.42. The fourth-order valence-electron chi connectivity index (χ4n) is 7.11. The number of methoxy groups -OCH3 is 1. The zero-order valence-corrected chi connectivity index (χ0v) is 33.2. The first-order valence-electron chi connectivity index (χ1n) is 18.3. The van der Waals surface area contributed by atoms with Gasteiger partial charge in [0.15, 0.2) is 40.7 Å². The second-order valence-corrected chi connectivity index (χ2v) is 14.5. The molecule has 2 saturated heterocycles. The number of benzene rings is 3. The van der Waals surface area contributed by atoms with E-state index in [0.717, 1.165) is 21.9 Å². The molecule has 1 unspecified atom stereocenters. The van der Waals surface area contributed by atoms with Crippen LogP contribution in [0.4, 0.5) is 30.2 Å². The van der Waals surface area contributed by atoms with E-state index >= 15 is 13.2 Å². The molecule has 16 nitrogen and oxygen atoms in total. The van der Waals surface area contributed by atoms with E-state index in [0.29, 0.717) is 0 Å². The topological polar surface area (TPSA) is 181 Å². The number of halogens is 3. The van der Waals surface area contributed by atoms with Crippen LogP contribution in [-0.2, 0) is 19.2 Å². The van der Waals surface area contributed by atoms with Crippen molar-refractivity contribution < 1.29 is 56.1 Å². The fourth-order valence-corrected chi connectivity index (χ4v) is 7.62. The monoisotopic (exact) mass is 855 g/mol. The molecule has 6 amide bonds. The number of nitrogens with one attached hydrogen (secondary N) is 2. The third-order valence-electron chi connectivity index (χ3n) is 10.1. The summed E-state index contributed by atoms with van der Waals surface area (Å²) in [4.78, 5) is 86.8. The first-order chi connectivity index (χ1) is 29.1. The quantitative estimate of drug-likeness (QED) is 0.0876. The maximum absolute atomic E-state index is 15.7. The van der Waals surface area contributed by atoms with Gasteiger partial charge in [-0.15, -0.1) is 0 Å². The highest BCUT2D eigenvalue weighted by molar-refractivity contribution is 7.81. The number of nitrogens with zero attached hydrogens (tertiary/aromatic N) is 5. The van der Waals surface area contributed by atoms with Crippen LogP contribution >= 0.6 is 12.2 Å². The summed E-state index contributed by atoms with van der Waals surface area (Å²) in [5.74, 6) is -7.49. The van der Waals surface area contributed by atoms with Crippen LogP contribution in [0.3, 0.4) is 0 Å². The highest BCUT2D eigenvalue weighted by atomic mass is 32.1. The Morgan fingerprint density at radius 1 is 1.02 bits per heavy atom. The summed E-state index contributed by atoms with van der Waals surface area (Å²) >= 11 is 5.57. The number of amides is 6. The van der Waals surface area contributed by atoms with Crippen molar-refractivity contribution in [1.82, 2.24) is 20.5 Å². The molecule has 20 heteroatoms. The molecular formula is C41H32F3N7O9S. The standard InChI is InChI=1S/C41H32F3N7O9S/c1-41(2)39(57)50(26-10-9-25(45-3)35(58-4)33(26)44)40(61)51(41)21-17-24(43)34(47-18-21)20-8-12-28(23(42)16-20)59-15-14-46-31(53)19-60-29-7-5-6-22-32(29)38(56)49(37(22)55)27-11-13-30(52)48-36(27)54/h5-10,12,16-18,27H,11,13-15,19H2,1-2,4H3,(H,46,53)(H,48,52,54). The van der Waals surface area contributed by atoms with Crippen molar-refractivity contribution in [3.8, 4) is 28.5 Å². The molecule has 1 atom stereocenters. The lowest BCUT2D eigenvalue weighted by atomic mass is 10.0. The van der Waals surface area contributed by atoms with Gasteiger partial charge in [-0.25, -0.2) is 18.0 Å². The van der Waals surface area contributed by atoms with Gasteiger partial charge in [0.1, 0.15) is 29.6 Å². The maximum Gasteiger partial charge on any atom is 0.266 e. The SMILES string of the molecule is [C-]#[N+]c1ccc(N2C(=O)C(C)(C)N(c3cnc(-c4ccc(OCCNC(=O)COc5cccc6c5C(=O)N(C5CCC(=O)NC5=O)C6=O)c(F)c4)c(F)c3)C2=S)c(F)c1OC. The van der Waals surface area contributed by atoms with Gasteiger partial charge in [-0.05, 0) is 68.9 Å². The second-order valence-electron chi connectivity index (χ2n) is 14.2. The minimum Gasteiger partial charge on any atom is -0.505 e. The summed E-state index contributed by atoms with van der Waals surface area (Å²) in [6.45, 7) is 9.40. The van der Waals surface area contributed by atoms with Gasteiger partial charge >= 0.3 is 0 Å². The molecule has 3 aromatic carbocycles. The van der Waals surface area contributed by atoms with Crippen molar-refractivity contribution >= 4 is 69.8 Å². The number of hydrogen-bond donors (Lipinski definition) is 2. The zero-order valence-electron chi connectivity index (χ0n) is 32.3. The number of rotatable bonds is 12. The van der Waals surface area contributed by atoms with Crippen LogP contribution in [0, 0.1) is 24.0 Å². The molecule has 3 aliphatic rings. The van der Waals surface area contributed by atoms with Crippen LogP contribution in [0.1, 0.15) is 47.4 Å². The Bertz CT molecular complexity index is 2640. The molecule has 3 aliphatic heterocycles. The zero-order chi connectivity index (χ0) is 43.9. The summed E-state index contributed by atoms with van der Waals surface area (Å²) in [6.07, 6.45) is 1.16. The molecule has 1 aromatic heterocycles. The third kappa shape index (κ3) is 7.43. The predicted molar refractivity (Wildman–Crippen MR) is 213 cm³/mol. The van der Waals surface area contributed by atoms with E-state index in [1.54, 1.807) is 0 Å². The van der Waals surface area contributed by atoms with Crippen LogP contribution in [0.15, 0.2) is 60.8 Å². The number of ether oxygens (including phenoxy) is 3. The summed E-state index contributed by atoms with van der Waals surface area (Å²) in [6, 6.07) is 10.2. The molecule has 0 saturated carbocycles. The Morgan fingerprint density at radius 2 is 1.79 bits per heavy atom. The number of thiocarbonyl (C=S) groups is 1. The van der Waals surface area contributed by atoms with E-state index in [4.69, 9.17) is 33.0 Å². The number of imide groups is 2. The lowest BCUT2D eigenvalue weighted by Crippen LogP contribution is -2.54. The molecule has 4 heterocycles. The summed E-state index contributed by atoms with van der Waals surface area (Å²) < 4.78 is 62.4. The lowest BCUT2D eigenvalue weighted by molar-refractivity contribution is -0.136. The molecular weight excluding hydrogens is 824 g/mol. The van der Waals surface area contributed by atoms with Crippen molar-refractivity contribution in [3.63, 3.8) is 0 Å². The van der Waals surface area contributed by atoms with Crippen molar-refractivity contribution in [1.29, 1.82) is 0 Å². The summed E-state index contributed by atoms with van der Waals surface area (Å²) in [5.41, 5.74) is -2.09. The Labute approximate surface area is 350 Å². The summed E-state index contributed by atoms with van der Waals surface area (Å²) in [7, 11) is 1.18. The molecule has 0 aliphatic carbocycles. The smallest absolute Gasteiger partial charge is 0.266 e. The van der Waals surface area contributed by atoms with Crippen LogP contribution in [0.5, 0.6) is 17.2 Å². The van der Waals surface area contributed by atoms with Gasteiger partial charge in [-0.1, -0.05) is 12.1 Å². The van der Waals surface area contributed by atoms with Crippen LogP contribution < -0.4 is 34.6 Å². The first-order valence-corrected chi connectivity index (χ1v) is 18.7. The Morgan fingerprint density at radius 3 is 2.48 bits per heavy atom. The van der Waals surface area contributed by atoms with Gasteiger partial charge in [-0.2, -0.15) is 0 Å². The third-order valence-corrected chi connectivity index (χ3v) is 10.4. The maximum atomic E-state index is 15.7. The van der Waals surface area contributed by atoms with Crippen LogP contribution in [-0.4, -0.2) is 88.9 Å². The number of carbonyl (C=O) groups excluding carboxylic acids is 6. The minimum absolute atomic E-state index is 0.0205. The Hall–Kier alpha value is -7.40. The van der Waals surface area contributed by atoms with E-state index in [9.17, 15) is 28.8 Å². The largest absolute Gasteiger partial charge is 0.505 e. The van der Waals surface area contributed by atoms with Crippen LogP contribution in [0.2, 0.25) is 0 Å². The van der Waals surface area contributed by atoms with E-state index < -0.39 is 71.1 Å². The molecule has 4 aromatic rings. The molecule has 0 bridgehead atoms. The molecule has 312 valence electrons. The van der Waals surface area contributed by atoms with E-state index in [1.165, 1.54) is 74.5 Å². The number of hydrogen-bond acceptors (Lipinski definition) is 11. The fraction of sp³-hybridized carbons (Fsp3) is 0.244. The van der Waals surface area contributed by atoms with E-state index in [2.05, 4.69) is 20.5 Å². The van der Waals surface area contributed by atoms with Gasteiger partial charge in [0.05, 0.1) is 48.9 Å². The lowest BCUT2D eigenvalue weighted by Gasteiger charge is -2.29. The average molecular weight is 856 g/mol. The minimum atomic E-state index is -1.43. The number of aromatic nitrogens is 1. The van der Waals surface area contributed by atoms with Gasteiger partial charge in [0, 0.05) is 18.1 Å². The van der Waals surface area contributed by atoms with Crippen molar-refractivity contribution in [3.05, 3.63) is 101 Å². The van der Waals surface area contributed by atoms with E-state index in [1.807, 2.05) is 0 Å². The molecule has 7 rings (SSSR count). The van der Waals surface area contributed by atoms with Crippen molar-refractivity contribution in [2.75, 3.05) is 36.7 Å². The van der Waals surface area contributed by atoms with Crippen molar-refractivity contribution in [2.45, 2.75) is 38.3 Å². The summed E-state index contributed by atoms with van der Waals surface area (Å²) in [5, 5.41) is 4.45. The van der Waals surface area contributed by atoms with Gasteiger partial charge in [0.25, 0.3) is 23.6 Å². The average Bonchev–Trinajstić information content (AvgIpc) is 3.58. The predicted octanol–water partition coefficient (Wildman–Crippen LogP) is 4.62. The molecule has 2 N–H and O–H groups in total. The second kappa shape index (κ2) is 16.3. The first kappa shape index (κ1) is 41.7. The molecule has 61 heavy (non-hydrogen) atoms. The Kier molecular flexibility index (Phi) is 11.2. The van der Waals surface area contributed by atoms with Gasteiger partial charge in [0.2, 0.25) is 17.5 Å². The van der Waals surface area contributed by atoms with Crippen molar-refractivity contribution in [2.24, 2.45) is 0 Å². The number of pyridine rings is 1. The molecule has 0 spiro atoms. The molecule has 2 fully saturated rings. The normalized spacial score (nSPS) is 17.0.